The van der Waals surface area contributed by atoms with Crippen LogP contribution in [-0.2, 0) is 0 Å². The molecule has 4 heteroatoms. The van der Waals surface area contributed by atoms with Gasteiger partial charge in [0, 0.05) is 5.88 Å². The summed E-state index contributed by atoms with van der Waals surface area (Å²) < 4.78 is 0. The molecule has 1 fully saturated rings. The van der Waals surface area contributed by atoms with Crippen LogP contribution in [0, 0.1) is 6.92 Å². The van der Waals surface area contributed by atoms with Crippen molar-refractivity contribution in [3.05, 3.63) is 17.8 Å². The van der Waals surface area contributed by atoms with Gasteiger partial charge >= 0.3 is 0 Å². The molecule has 0 atom stereocenters. The number of anilines is 1. The molecular formula is C10H14ClN3. The van der Waals surface area contributed by atoms with E-state index >= 15 is 0 Å². The first-order valence-electron chi connectivity index (χ1n) is 4.88. The highest BCUT2D eigenvalue weighted by Crippen LogP contribution is 2.35. The first-order chi connectivity index (χ1) is 6.74. The van der Waals surface area contributed by atoms with E-state index in [0.29, 0.717) is 5.88 Å². The van der Waals surface area contributed by atoms with Crippen LogP contribution < -0.4 is 5.32 Å². The van der Waals surface area contributed by atoms with Gasteiger partial charge in [-0.15, -0.1) is 16.7 Å². The van der Waals surface area contributed by atoms with Gasteiger partial charge in [0.15, 0.2) is 0 Å². The number of alkyl halides is 1. The molecule has 0 aromatic carbocycles. The van der Waals surface area contributed by atoms with Crippen LogP contribution in [0.2, 0.25) is 0 Å². The van der Waals surface area contributed by atoms with Crippen molar-refractivity contribution in [2.24, 2.45) is 0 Å². The van der Waals surface area contributed by atoms with Crippen molar-refractivity contribution in [2.45, 2.75) is 31.7 Å². The normalized spacial score (nSPS) is 18.7. The third-order valence-electron chi connectivity index (χ3n) is 2.75. The highest BCUT2D eigenvalue weighted by molar-refractivity contribution is 6.19. The molecule has 3 nitrogen and oxygen atoms in total. The zero-order valence-electron chi connectivity index (χ0n) is 8.26. The summed E-state index contributed by atoms with van der Waals surface area (Å²) in [6.45, 7) is 2.01. The lowest BCUT2D eigenvalue weighted by Crippen LogP contribution is -2.47. The smallest absolute Gasteiger partial charge is 0.149 e. The van der Waals surface area contributed by atoms with Crippen molar-refractivity contribution in [1.29, 1.82) is 0 Å². The summed E-state index contributed by atoms with van der Waals surface area (Å²) in [6, 6.07) is 2.00. The molecule has 0 saturated heterocycles. The fraction of sp³-hybridized carbons (Fsp3) is 0.600. The quantitative estimate of drug-likeness (QED) is 0.781. The summed E-state index contributed by atoms with van der Waals surface area (Å²) in [7, 11) is 0. The third-order valence-corrected chi connectivity index (χ3v) is 3.26. The van der Waals surface area contributed by atoms with Gasteiger partial charge in [-0.25, -0.2) is 0 Å². The minimum atomic E-state index is 0.0734. The predicted octanol–water partition coefficient (Wildman–Crippen LogP) is 2.36. The molecule has 76 valence electrons. The van der Waals surface area contributed by atoms with Crippen LogP contribution in [-0.4, -0.2) is 21.6 Å². The fourth-order valence-corrected chi connectivity index (χ4v) is 2.03. The number of rotatable bonds is 3. The van der Waals surface area contributed by atoms with Crippen molar-refractivity contribution >= 4 is 17.4 Å². The predicted molar refractivity (Wildman–Crippen MR) is 57.7 cm³/mol. The summed E-state index contributed by atoms with van der Waals surface area (Å²) in [6.07, 6.45) is 5.26. The number of aromatic nitrogens is 2. The van der Waals surface area contributed by atoms with Gasteiger partial charge in [-0.05, 0) is 37.8 Å². The van der Waals surface area contributed by atoms with Crippen LogP contribution in [0.3, 0.4) is 0 Å². The highest BCUT2D eigenvalue weighted by Gasteiger charge is 2.36. The standard InChI is InChI=1S/C10H14ClN3/c1-8-5-9(14-12-6-8)13-10(7-11)3-2-4-10/h5-6H,2-4,7H2,1H3,(H,13,14). The van der Waals surface area contributed by atoms with Gasteiger partial charge in [0.1, 0.15) is 5.82 Å². The first kappa shape index (κ1) is 9.71. The molecule has 0 radical (unpaired) electrons. The molecule has 1 aliphatic carbocycles. The maximum Gasteiger partial charge on any atom is 0.149 e. The van der Waals surface area contributed by atoms with Crippen LogP contribution in [0.1, 0.15) is 24.8 Å². The van der Waals surface area contributed by atoms with E-state index in [1.54, 1.807) is 6.20 Å². The number of aryl methyl sites for hydroxylation is 1. The molecule has 0 aliphatic heterocycles. The lowest BCUT2D eigenvalue weighted by atomic mass is 9.78. The summed E-state index contributed by atoms with van der Waals surface area (Å²) in [5.41, 5.74) is 1.19. The summed E-state index contributed by atoms with van der Waals surface area (Å²) in [4.78, 5) is 0. The second-order valence-corrected chi connectivity index (χ2v) is 4.28. The van der Waals surface area contributed by atoms with E-state index in [9.17, 15) is 0 Å². The highest BCUT2D eigenvalue weighted by atomic mass is 35.5. The average molecular weight is 212 g/mol. The van der Waals surface area contributed by atoms with E-state index in [1.807, 2.05) is 13.0 Å². The maximum absolute atomic E-state index is 5.94. The van der Waals surface area contributed by atoms with E-state index in [4.69, 9.17) is 11.6 Å². The Morgan fingerprint density at radius 1 is 1.57 bits per heavy atom. The Balaban J connectivity index is 2.09. The topological polar surface area (TPSA) is 37.8 Å². The Morgan fingerprint density at radius 2 is 2.36 bits per heavy atom. The monoisotopic (exact) mass is 211 g/mol. The molecule has 1 N–H and O–H groups in total. The van der Waals surface area contributed by atoms with Crippen LogP contribution >= 0.6 is 11.6 Å². The van der Waals surface area contributed by atoms with Crippen molar-refractivity contribution in [3.63, 3.8) is 0 Å². The molecule has 0 bridgehead atoms. The Hall–Kier alpha value is -0.830. The zero-order chi connectivity index (χ0) is 10.0. The third kappa shape index (κ3) is 1.82. The second-order valence-electron chi connectivity index (χ2n) is 4.01. The molecule has 1 aliphatic rings. The van der Waals surface area contributed by atoms with Crippen LogP contribution in [0.4, 0.5) is 5.82 Å². The van der Waals surface area contributed by atoms with Crippen molar-refractivity contribution in [1.82, 2.24) is 10.2 Å². The van der Waals surface area contributed by atoms with Crippen LogP contribution in [0.15, 0.2) is 12.3 Å². The van der Waals surface area contributed by atoms with E-state index in [-0.39, 0.29) is 5.54 Å². The zero-order valence-corrected chi connectivity index (χ0v) is 9.01. The Morgan fingerprint density at radius 3 is 2.86 bits per heavy atom. The lowest BCUT2D eigenvalue weighted by Gasteiger charge is -2.41. The number of hydrogen-bond acceptors (Lipinski definition) is 3. The largest absolute Gasteiger partial charge is 0.362 e. The van der Waals surface area contributed by atoms with Gasteiger partial charge in [0.2, 0.25) is 0 Å². The molecule has 1 saturated carbocycles. The molecule has 1 heterocycles. The summed E-state index contributed by atoms with van der Waals surface area (Å²) in [5.74, 6) is 1.48. The second kappa shape index (κ2) is 3.73. The van der Waals surface area contributed by atoms with Crippen LogP contribution in [0.25, 0.3) is 0 Å². The number of hydrogen-bond donors (Lipinski definition) is 1. The summed E-state index contributed by atoms with van der Waals surface area (Å²) in [5, 5.41) is 11.3. The van der Waals surface area contributed by atoms with Gasteiger partial charge in [0.25, 0.3) is 0 Å². The van der Waals surface area contributed by atoms with Gasteiger partial charge < -0.3 is 5.32 Å². The average Bonchev–Trinajstić information content (AvgIpc) is 2.11. The number of halogens is 1. The molecule has 0 amide bonds. The Labute approximate surface area is 88.9 Å². The molecule has 0 unspecified atom stereocenters. The van der Waals surface area contributed by atoms with E-state index < -0.39 is 0 Å². The minimum absolute atomic E-state index is 0.0734. The van der Waals surface area contributed by atoms with Crippen LogP contribution in [0.5, 0.6) is 0 Å². The van der Waals surface area contributed by atoms with Gasteiger partial charge in [0.05, 0.1) is 11.7 Å². The van der Waals surface area contributed by atoms with Crippen molar-refractivity contribution in [2.75, 3.05) is 11.2 Å². The summed E-state index contributed by atoms with van der Waals surface area (Å²) >= 11 is 5.94. The van der Waals surface area contributed by atoms with Crippen molar-refractivity contribution in [3.8, 4) is 0 Å². The van der Waals surface area contributed by atoms with Gasteiger partial charge in [-0.1, -0.05) is 0 Å². The van der Waals surface area contributed by atoms with Gasteiger partial charge in [-0.2, -0.15) is 5.10 Å². The Kier molecular flexibility index (Phi) is 2.59. The molecule has 14 heavy (non-hydrogen) atoms. The van der Waals surface area contributed by atoms with E-state index in [0.717, 1.165) is 24.2 Å². The number of nitrogens with zero attached hydrogens (tertiary/aromatic N) is 2. The Bertz CT molecular complexity index is 317. The van der Waals surface area contributed by atoms with E-state index in [1.165, 1.54) is 6.42 Å². The molecule has 2 rings (SSSR count). The van der Waals surface area contributed by atoms with Crippen molar-refractivity contribution < 1.29 is 0 Å². The fourth-order valence-electron chi connectivity index (χ4n) is 1.69. The first-order valence-corrected chi connectivity index (χ1v) is 5.41. The minimum Gasteiger partial charge on any atom is -0.362 e. The molecule has 0 spiro atoms. The maximum atomic E-state index is 5.94. The SMILES string of the molecule is Cc1cnnc(NC2(CCl)CCC2)c1. The number of nitrogens with one attached hydrogen (secondary N) is 1. The van der Waals surface area contributed by atoms with Gasteiger partial charge in [-0.3, -0.25) is 0 Å². The van der Waals surface area contributed by atoms with E-state index in [2.05, 4.69) is 15.5 Å². The molecule has 1 aromatic rings. The molecular weight excluding hydrogens is 198 g/mol. The lowest BCUT2D eigenvalue weighted by molar-refractivity contribution is 0.310. The molecule has 1 aromatic heterocycles.